The van der Waals surface area contributed by atoms with Crippen molar-refractivity contribution in [1.29, 1.82) is 0 Å². The van der Waals surface area contributed by atoms with Crippen molar-refractivity contribution in [2.24, 2.45) is 17.8 Å². The number of thiazole rings is 1. The van der Waals surface area contributed by atoms with Crippen molar-refractivity contribution in [3.8, 4) is 0 Å². The predicted molar refractivity (Wildman–Crippen MR) is 198 cm³/mol. The highest BCUT2D eigenvalue weighted by atomic mass is 32.1. The number of esters is 1. The van der Waals surface area contributed by atoms with E-state index in [1.54, 1.807) is 29.3 Å². The van der Waals surface area contributed by atoms with Gasteiger partial charge in [-0.1, -0.05) is 66.5 Å². The Bertz CT molecular complexity index is 1520. The SMILES string of the molecule is CCC(C)[C@H](NC(=O)C1CCCCN1C)C(=O)N(C)C(C[C@@H](C)c1nc(C(=O)NC2(C[C@H](C)C(=O)OC)CC2c2ccc(F)cc2)cs1)C(C)C. The number of benzene rings is 1. The quantitative estimate of drug-likeness (QED) is 0.200. The zero-order chi connectivity index (χ0) is 37.6. The van der Waals surface area contributed by atoms with Crippen LogP contribution in [0.1, 0.15) is 119 Å². The van der Waals surface area contributed by atoms with E-state index in [-0.39, 0.29) is 65.3 Å². The molecule has 0 bridgehead atoms. The number of hydrogen-bond donors (Lipinski definition) is 2. The zero-order valence-corrected chi connectivity index (χ0v) is 32.6. The minimum atomic E-state index is -0.683. The van der Waals surface area contributed by atoms with Gasteiger partial charge in [-0.2, -0.15) is 0 Å². The molecule has 1 aromatic carbocycles. The standard InChI is InChI=1S/C39H58FN5O5S/c1-10-24(4)33(42-35(47)31-13-11-12-18-44(31)7)37(48)45(8)32(23(2)3)19-25(5)36-41-30(22-51-36)34(46)43-39(20-26(6)38(49)50-9)21-29(39)27-14-16-28(40)17-15-27/h14-17,22-26,29,31-33H,10-13,18-21H2,1-9H3,(H,42,47)(H,43,46)/t24?,25-,26+,29?,31?,32?,33+,39?/m1/s1. The van der Waals surface area contributed by atoms with Gasteiger partial charge in [0.15, 0.2) is 0 Å². The maximum Gasteiger partial charge on any atom is 0.308 e. The van der Waals surface area contributed by atoms with Gasteiger partial charge in [0, 0.05) is 35.8 Å². The van der Waals surface area contributed by atoms with Gasteiger partial charge in [-0.05, 0) is 75.2 Å². The first-order valence-corrected chi connectivity index (χ1v) is 19.4. The van der Waals surface area contributed by atoms with Gasteiger partial charge in [0.1, 0.15) is 17.6 Å². The summed E-state index contributed by atoms with van der Waals surface area (Å²) in [5, 5.41) is 8.87. The van der Waals surface area contributed by atoms with Crippen LogP contribution in [0.2, 0.25) is 0 Å². The number of amides is 3. The average molecular weight is 728 g/mol. The Morgan fingerprint density at radius 2 is 1.80 bits per heavy atom. The van der Waals surface area contributed by atoms with Gasteiger partial charge in [-0.3, -0.25) is 24.1 Å². The Labute approximate surface area is 307 Å². The van der Waals surface area contributed by atoms with Crippen LogP contribution >= 0.6 is 11.3 Å². The van der Waals surface area contributed by atoms with Crippen molar-refractivity contribution in [3.63, 3.8) is 0 Å². The molecule has 4 rings (SSSR count). The summed E-state index contributed by atoms with van der Waals surface area (Å²) in [7, 11) is 5.15. The van der Waals surface area contributed by atoms with E-state index in [2.05, 4.69) is 36.3 Å². The molecular weight excluding hydrogens is 670 g/mol. The fraction of sp³-hybridized carbons (Fsp3) is 0.667. The third-order valence-corrected chi connectivity index (χ3v) is 12.3. The number of halogens is 1. The van der Waals surface area contributed by atoms with Crippen LogP contribution in [0.3, 0.4) is 0 Å². The summed E-state index contributed by atoms with van der Waals surface area (Å²) in [6, 6.07) is 5.29. The third-order valence-electron chi connectivity index (χ3n) is 11.2. The summed E-state index contributed by atoms with van der Waals surface area (Å²) in [4.78, 5) is 62.1. The summed E-state index contributed by atoms with van der Waals surface area (Å²) in [6.45, 7) is 13.0. The second-order valence-electron chi connectivity index (χ2n) is 15.4. The van der Waals surface area contributed by atoms with Crippen LogP contribution in [0.15, 0.2) is 29.6 Å². The van der Waals surface area contributed by atoms with Crippen LogP contribution in [-0.2, 0) is 19.1 Å². The lowest BCUT2D eigenvalue weighted by molar-refractivity contribution is -0.145. The zero-order valence-electron chi connectivity index (χ0n) is 31.8. The van der Waals surface area contributed by atoms with Crippen LogP contribution < -0.4 is 10.6 Å². The first-order chi connectivity index (χ1) is 24.1. The van der Waals surface area contributed by atoms with E-state index in [4.69, 9.17) is 9.72 Å². The number of ether oxygens (including phenoxy) is 1. The Balaban J connectivity index is 1.45. The largest absolute Gasteiger partial charge is 0.469 e. The minimum Gasteiger partial charge on any atom is -0.469 e. The topological polar surface area (TPSA) is 121 Å². The number of piperidine rings is 1. The molecule has 1 aliphatic heterocycles. The van der Waals surface area contributed by atoms with Crippen molar-refractivity contribution in [1.82, 2.24) is 25.4 Å². The molecule has 0 spiro atoms. The Morgan fingerprint density at radius 1 is 1.12 bits per heavy atom. The van der Waals surface area contributed by atoms with E-state index in [1.165, 1.54) is 30.6 Å². The van der Waals surface area contributed by atoms with Gasteiger partial charge in [0.2, 0.25) is 11.8 Å². The highest BCUT2D eigenvalue weighted by molar-refractivity contribution is 7.09. The fourth-order valence-electron chi connectivity index (χ4n) is 7.65. The van der Waals surface area contributed by atoms with E-state index in [0.29, 0.717) is 25.0 Å². The first-order valence-electron chi connectivity index (χ1n) is 18.5. The number of likely N-dealkylation sites (N-methyl/N-ethyl adjacent to an activating group) is 2. The number of rotatable bonds is 16. The minimum absolute atomic E-state index is 0.0314. The summed E-state index contributed by atoms with van der Waals surface area (Å²) in [5.74, 6) is -1.63. The molecular formula is C39H58FN5O5S. The van der Waals surface area contributed by atoms with Crippen molar-refractivity contribution < 1.29 is 28.3 Å². The molecule has 1 saturated heterocycles. The van der Waals surface area contributed by atoms with Crippen molar-refractivity contribution in [3.05, 3.63) is 51.7 Å². The molecule has 2 N–H and O–H groups in total. The number of nitrogens with one attached hydrogen (secondary N) is 2. The summed E-state index contributed by atoms with van der Waals surface area (Å²) in [5.41, 5.74) is 0.517. The van der Waals surface area contributed by atoms with Crippen molar-refractivity contribution in [2.45, 2.75) is 122 Å². The summed E-state index contributed by atoms with van der Waals surface area (Å²) >= 11 is 1.41. The number of methoxy groups -OCH3 is 1. The molecule has 51 heavy (non-hydrogen) atoms. The monoisotopic (exact) mass is 727 g/mol. The molecule has 10 nitrogen and oxygen atoms in total. The molecule has 282 valence electrons. The number of carbonyl (C=O) groups excluding carboxylic acids is 4. The number of hydrogen-bond acceptors (Lipinski definition) is 8. The second kappa shape index (κ2) is 17.4. The maximum atomic E-state index is 14.1. The molecule has 8 atom stereocenters. The highest BCUT2D eigenvalue weighted by Gasteiger charge is 2.57. The number of nitrogens with zero attached hydrogens (tertiary/aromatic N) is 3. The lowest BCUT2D eigenvalue weighted by atomic mass is 9.90. The van der Waals surface area contributed by atoms with Crippen LogP contribution in [0.25, 0.3) is 0 Å². The molecule has 1 saturated carbocycles. The molecule has 5 unspecified atom stereocenters. The average Bonchev–Trinajstić information content (AvgIpc) is 3.55. The van der Waals surface area contributed by atoms with E-state index >= 15 is 0 Å². The van der Waals surface area contributed by atoms with E-state index in [0.717, 1.165) is 42.8 Å². The van der Waals surface area contributed by atoms with E-state index < -0.39 is 17.5 Å². The lowest BCUT2D eigenvalue weighted by Crippen LogP contribution is -2.57. The van der Waals surface area contributed by atoms with Crippen LogP contribution in [-0.4, -0.2) is 89.9 Å². The van der Waals surface area contributed by atoms with Crippen molar-refractivity contribution >= 4 is 35.0 Å². The van der Waals surface area contributed by atoms with Gasteiger partial charge < -0.3 is 20.3 Å². The Hall–Kier alpha value is -3.38. The molecule has 1 aliphatic carbocycles. The van der Waals surface area contributed by atoms with Gasteiger partial charge in [-0.15, -0.1) is 11.3 Å². The molecule has 12 heteroatoms. The van der Waals surface area contributed by atoms with Crippen LogP contribution in [0, 0.1) is 23.6 Å². The first kappa shape index (κ1) is 40.4. The molecule has 1 aromatic heterocycles. The highest BCUT2D eigenvalue weighted by Crippen LogP contribution is 2.55. The summed E-state index contributed by atoms with van der Waals surface area (Å²) in [6.07, 6.45) is 5.26. The van der Waals surface area contributed by atoms with Crippen molar-refractivity contribution in [2.75, 3.05) is 27.7 Å². The number of likely N-dealkylation sites (tertiary alicyclic amines) is 1. The maximum absolute atomic E-state index is 14.1. The second-order valence-corrected chi connectivity index (χ2v) is 16.3. The Morgan fingerprint density at radius 3 is 2.41 bits per heavy atom. The Kier molecular flexibility index (Phi) is 13.8. The number of aromatic nitrogens is 1. The molecule has 2 aliphatic rings. The fourth-order valence-corrected chi connectivity index (χ4v) is 8.53. The molecule has 2 aromatic rings. The van der Waals surface area contributed by atoms with Gasteiger partial charge in [-0.25, -0.2) is 9.37 Å². The lowest BCUT2D eigenvalue weighted by Gasteiger charge is -2.38. The third kappa shape index (κ3) is 9.74. The van der Waals surface area contributed by atoms with Crippen LogP contribution in [0.4, 0.5) is 4.39 Å². The van der Waals surface area contributed by atoms with E-state index in [9.17, 15) is 23.6 Å². The number of carbonyl (C=O) groups is 4. The smallest absolute Gasteiger partial charge is 0.308 e. The summed E-state index contributed by atoms with van der Waals surface area (Å²) < 4.78 is 18.6. The molecule has 2 fully saturated rings. The molecule has 3 amide bonds. The van der Waals surface area contributed by atoms with Gasteiger partial charge >= 0.3 is 5.97 Å². The van der Waals surface area contributed by atoms with Crippen LogP contribution in [0.5, 0.6) is 0 Å². The molecule has 0 radical (unpaired) electrons. The molecule has 2 heterocycles. The van der Waals surface area contributed by atoms with Gasteiger partial charge in [0.05, 0.1) is 24.1 Å². The predicted octanol–water partition coefficient (Wildman–Crippen LogP) is 6.13. The van der Waals surface area contributed by atoms with E-state index in [1.807, 2.05) is 27.9 Å². The van der Waals surface area contributed by atoms with Gasteiger partial charge in [0.25, 0.3) is 5.91 Å². The normalized spacial score (nSPS) is 23.4.